The van der Waals surface area contributed by atoms with Gasteiger partial charge in [0.1, 0.15) is 31.0 Å². The summed E-state index contributed by atoms with van der Waals surface area (Å²) in [6.45, 7) is -0.798. The summed E-state index contributed by atoms with van der Waals surface area (Å²) in [5.41, 5.74) is -1.12. The van der Waals surface area contributed by atoms with Gasteiger partial charge in [0.25, 0.3) is 0 Å². The predicted octanol–water partition coefficient (Wildman–Crippen LogP) is -0.402. The molecule has 0 radical (unpaired) electrons. The summed E-state index contributed by atoms with van der Waals surface area (Å²) >= 11 is 0. The lowest BCUT2D eigenvalue weighted by Gasteiger charge is -2.39. The Balaban J connectivity index is 1.31. The number of phenols is 5. The van der Waals surface area contributed by atoms with Crippen LogP contribution in [0.15, 0.2) is 39.6 Å². The van der Waals surface area contributed by atoms with Crippen molar-refractivity contribution in [2.45, 2.75) is 43.0 Å². The molecule has 1 aromatic heterocycles. The lowest BCUT2D eigenvalue weighted by atomic mass is 9.96. The van der Waals surface area contributed by atoms with Crippen molar-refractivity contribution in [1.82, 2.24) is 0 Å². The van der Waals surface area contributed by atoms with Crippen LogP contribution in [0.2, 0.25) is 0 Å². The molecule has 0 unspecified atom stereocenters. The monoisotopic (exact) mass is 616 g/mol. The van der Waals surface area contributed by atoms with Gasteiger partial charge in [-0.3, -0.25) is 9.59 Å². The van der Waals surface area contributed by atoms with Crippen molar-refractivity contribution in [3.63, 3.8) is 0 Å². The van der Waals surface area contributed by atoms with Crippen LogP contribution in [-0.4, -0.2) is 95.9 Å². The van der Waals surface area contributed by atoms with Crippen LogP contribution in [0.1, 0.15) is 34.0 Å². The van der Waals surface area contributed by atoms with E-state index in [4.69, 9.17) is 18.6 Å². The maximum Gasteiger partial charge on any atom is 0.344 e. The summed E-state index contributed by atoms with van der Waals surface area (Å²) in [6, 6.07) is 4.48. The number of rotatable bonds is 6. The van der Waals surface area contributed by atoms with Gasteiger partial charge in [-0.25, -0.2) is 9.59 Å². The summed E-state index contributed by atoms with van der Waals surface area (Å²) in [6.07, 6.45) is -7.59. The molecule has 0 spiro atoms. The van der Waals surface area contributed by atoms with E-state index in [0.717, 1.165) is 18.2 Å². The van der Waals surface area contributed by atoms with E-state index in [1.165, 1.54) is 18.2 Å². The topological polar surface area (TPSA) is 271 Å². The van der Waals surface area contributed by atoms with Crippen molar-refractivity contribution >= 4 is 34.6 Å². The molecule has 8 N–H and O–H groups in total. The SMILES string of the molecule is O=C(C=Cc1ccc(O)c(O)c1)O[C@@H]1O[C@H](COC(=O)[C@H]2CC(=O)c3oc(=O)c4cc(O)c(O)c(O)c4c32)[C@@H](O)[C@H](O)[C@H]1O. The number of carbonyl (C=O) groups excluding carboxylic acids is 3. The summed E-state index contributed by atoms with van der Waals surface area (Å²) in [4.78, 5) is 50.3. The average Bonchev–Trinajstić information content (AvgIpc) is 3.31. The van der Waals surface area contributed by atoms with Gasteiger partial charge < -0.3 is 59.5 Å². The van der Waals surface area contributed by atoms with E-state index in [2.05, 4.69) is 0 Å². The lowest BCUT2D eigenvalue weighted by molar-refractivity contribution is -0.292. The number of hydrogen-bond acceptors (Lipinski definition) is 16. The molecule has 2 heterocycles. The number of aliphatic hydroxyl groups excluding tert-OH is 3. The van der Waals surface area contributed by atoms with E-state index in [0.29, 0.717) is 5.56 Å². The zero-order valence-corrected chi connectivity index (χ0v) is 22.2. The molecule has 16 nitrogen and oxygen atoms in total. The highest BCUT2D eigenvalue weighted by molar-refractivity contribution is 6.10. The molecule has 1 aliphatic heterocycles. The fraction of sp³-hybridized carbons (Fsp3) is 0.286. The Bertz CT molecular complexity index is 1760. The van der Waals surface area contributed by atoms with Crippen molar-refractivity contribution in [2.75, 3.05) is 6.61 Å². The van der Waals surface area contributed by atoms with Gasteiger partial charge in [0, 0.05) is 23.4 Å². The molecule has 0 amide bonds. The van der Waals surface area contributed by atoms with E-state index in [-0.39, 0.29) is 11.3 Å². The number of phenolic OH excluding ortho intramolecular Hbond substituents is 5. The Morgan fingerprint density at radius 3 is 2.34 bits per heavy atom. The van der Waals surface area contributed by atoms with Gasteiger partial charge in [-0.1, -0.05) is 6.07 Å². The van der Waals surface area contributed by atoms with Crippen LogP contribution < -0.4 is 5.63 Å². The Morgan fingerprint density at radius 1 is 0.909 bits per heavy atom. The second kappa shape index (κ2) is 11.5. The van der Waals surface area contributed by atoms with Crippen LogP contribution in [0.25, 0.3) is 16.8 Å². The maximum atomic E-state index is 13.1. The highest BCUT2D eigenvalue weighted by Crippen LogP contribution is 2.47. The molecule has 5 rings (SSSR count). The molecule has 44 heavy (non-hydrogen) atoms. The highest BCUT2D eigenvalue weighted by Gasteiger charge is 2.47. The standard InChI is InChI=1S/C28H24O16/c29-12-3-1-9(5-13(12)30)2-4-17(33)43-28-24(38)23(37)21(35)16(42-28)8-41-26(39)11-7-15(32)25-19(11)18-10(27(40)44-25)6-14(31)20(34)22(18)36/h1-6,11,16,21,23-24,28-31,34-38H,7-8H2/t11-,16+,21+,23-,24+,28-/m0/s1. The smallest absolute Gasteiger partial charge is 0.344 e. The largest absolute Gasteiger partial charge is 0.504 e. The lowest BCUT2D eigenvalue weighted by Crippen LogP contribution is -2.59. The molecule has 2 aromatic carbocycles. The van der Waals surface area contributed by atoms with Gasteiger partial charge in [-0.15, -0.1) is 0 Å². The molecule has 6 atom stereocenters. The maximum absolute atomic E-state index is 13.1. The fourth-order valence-corrected chi connectivity index (χ4v) is 4.89. The zero-order chi connectivity index (χ0) is 32.0. The van der Waals surface area contributed by atoms with Gasteiger partial charge in [0.05, 0.1) is 11.3 Å². The van der Waals surface area contributed by atoms with Crippen LogP contribution in [0, 0.1) is 0 Å². The van der Waals surface area contributed by atoms with Crippen LogP contribution in [0.4, 0.5) is 0 Å². The molecule has 3 aromatic rings. The Morgan fingerprint density at radius 2 is 1.64 bits per heavy atom. The number of aliphatic hydroxyl groups is 3. The van der Waals surface area contributed by atoms with E-state index < -0.39 is 113 Å². The van der Waals surface area contributed by atoms with Crippen LogP contribution in [-0.2, 0) is 23.8 Å². The molecule has 2 aliphatic rings. The molecule has 16 heteroatoms. The number of benzene rings is 2. The predicted molar refractivity (Wildman–Crippen MR) is 142 cm³/mol. The van der Waals surface area contributed by atoms with E-state index >= 15 is 0 Å². The minimum absolute atomic E-state index is 0.288. The van der Waals surface area contributed by atoms with Gasteiger partial charge in [0.2, 0.25) is 12.0 Å². The third kappa shape index (κ3) is 5.37. The highest BCUT2D eigenvalue weighted by atomic mass is 16.7. The minimum atomic E-state index is -1.93. The number of fused-ring (bicyclic) bond motifs is 3. The second-order valence-corrected chi connectivity index (χ2v) is 9.99. The number of ketones is 1. The number of hydrogen-bond donors (Lipinski definition) is 8. The van der Waals surface area contributed by atoms with Crippen LogP contribution in [0.3, 0.4) is 0 Å². The average molecular weight is 616 g/mol. The van der Waals surface area contributed by atoms with Crippen molar-refractivity contribution in [3.8, 4) is 28.7 Å². The molecule has 0 saturated carbocycles. The molecule has 1 aliphatic carbocycles. The molecule has 232 valence electrons. The van der Waals surface area contributed by atoms with Gasteiger partial charge in [-0.2, -0.15) is 0 Å². The van der Waals surface area contributed by atoms with E-state index in [1.54, 1.807) is 0 Å². The molecule has 1 fully saturated rings. The molecular formula is C28H24O16. The first-order valence-electron chi connectivity index (χ1n) is 12.8. The van der Waals surface area contributed by atoms with Gasteiger partial charge >= 0.3 is 17.6 Å². The van der Waals surface area contributed by atoms with Gasteiger partial charge in [-0.05, 0) is 29.8 Å². The third-order valence-corrected chi connectivity index (χ3v) is 7.16. The first-order chi connectivity index (χ1) is 20.8. The molecular weight excluding hydrogens is 592 g/mol. The van der Waals surface area contributed by atoms with Crippen molar-refractivity contribution in [2.24, 2.45) is 0 Å². The number of carbonyl (C=O) groups is 3. The fourth-order valence-electron chi connectivity index (χ4n) is 4.89. The number of ether oxygens (including phenoxy) is 3. The quantitative estimate of drug-likeness (QED) is 0.0994. The molecule has 1 saturated heterocycles. The normalized spacial score (nSPS) is 24.8. The Hall–Kier alpha value is -5.16. The number of esters is 2. The Kier molecular flexibility index (Phi) is 7.92. The number of aromatic hydroxyl groups is 5. The minimum Gasteiger partial charge on any atom is -0.504 e. The van der Waals surface area contributed by atoms with Crippen LogP contribution >= 0.6 is 0 Å². The summed E-state index contributed by atoms with van der Waals surface area (Å²) in [7, 11) is 0. The second-order valence-electron chi connectivity index (χ2n) is 9.99. The number of Topliss-reactive ketones (excluding diaryl/α,β-unsaturated/α-hetero) is 1. The molecule has 0 bridgehead atoms. The van der Waals surface area contributed by atoms with Crippen molar-refractivity contribution in [3.05, 3.63) is 57.6 Å². The summed E-state index contributed by atoms with van der Waals surface area (Å²) in [5.74, 6) is -8.76. The third-order valence-electron chi connectivity index (χ3n) is 7.16. The van der Waals surface area contributed by atoms with Crippen LogP contribution in [0.5, 0.6) is 28.7 Å². The van der Waals surface area contributed by atoms with E-state index in [1.807, 2.05) is 0 Å². The van der Waals surface area contributed by atoms with E-state index in [9.17, 15) is 60.0 Å². The summed E-state index contributed by atoms with van der Waals surface area (Å²) in [5, 5.41) is 79.2. The first kappa shape index (κ1) is 30.3. The van der Waals surface area contributed by atoms with Crippen molar-refractivity contribution in [1.29, 1.82) is 0 Å². The van der Waals surface area contributed by atoms with Gasteiger partial charge in [0.15, 0.2) is 34.5 Å². The summed E-state index contributed by atoms with van der Waals surface area (Å²) < 4.78 is 20.6. The first-order valence-corrected chi connectivity index (χ1v) is 12.8. The Labute approximate surface area is 244 Å². The van der Waals surface area contributed by atoms with Crippen molar-refractivity contribution < 1.29 is 73.9 Å². The zero-order valence-electron chi connectivity index (χ0n) is 22.2.